The van der Waals surface area contributed by atoms with E-state index in [-0.39, 0.29) is 11.5 Å². The lowest BCUT2D eigenvalue weighted by Gasteiger charge is -2.50. The largest absolute Gasteiger partial charge is 0.365 e. The van der Waals surface area contributed by atoms with E-state index in [1.54, 1.807) is 17.7 Å². The molecule has 5 heteroatoms. The zero-order valence-corrected chi connectivity index (χ0v) is 11.7. The molecular formula is C13H18N4S. The van der Waals surface area contributed by atoms with Crippen LogP contribution in [0.3, 0.4) is 0 Å². The number of nitrogens with one attached hydrogen (secondary N) is 1. The number of anilines is 1. The van der Waals surface area contributed by atoms with Crippen LogP contribution in [0.5, 0.6) is 0 Å². The molecule has 2 heterocycles. The number of nitrogens with zero attached hydrogens (tertiary/aromatic N) is 2. The zero-order chi connectivity index (χ0) is 12.9. The van der Waals surface area contributed by atoms with Gasteiger partial charge in [-0.3, -0.25) is 0 Å². The Morgan fingerprint density at radius 3 is 2.89 bits per heavy atom. The van der Waals surface area contributed by atoms with Crippen molar-refractivity contribution in [1.29, 1.82) is 0 Å². The van der Waals surface area contributed by atoms with E-state index in [1.807, 2.05) is 0 Å². The van der Waals surface area contributed by atoms with E-state index in [2.05, 4.69) is 41.4 Å². The number of aryl methyl sites for hydroxylation is 1. The third-order valence-corrected chi connectivity index (χ3v) is 5.28. The summed E-state index contributed by atoms with van der Waals surface area (Å²) in [7, 11) is 0. The fourth-order valence-electron chi connectivity index (χ4n) is 2.44. The number of rotatable bonds is 2. The Labute approximate surface area is 111 Å². The first-order chi connectivity index (χ1) is 8.50. The number of aromatic nitrogens is 2. The highest BCUT2D eigenvalue weighted by molar-refractivity contribution is 7.18. The minimum Gasteiger partial charge on any atom is -0.365 e. The van der Waals surface area contributed by atoms with Gasteiger partial charge in [0, 0.05) is 17.5 Å². The standard InChI is InChI=1S/C13H18N4S/c1-7-5-18-11-10(7)15-6-16-12(11)17-9-4-8(14)13(9,2)3/h5-6,8-9H,4,14H2,1-3H3,(H,15,16,17). The second-order valence-electron chi connectivity index (χ2n) is 5.68. The van der Waals surface area contributed by atoms with E-state index < -0.39 is 0 Å². The lowest BCUT2D eigenvalue weighted by atomic mass is 9.63. The fraction of sp³-hybridized carbons (Fsp3) is 0.538. The Hall–Kier alpha value is -1.20. The summed E-state index contributed by atoms with van der Waals surface area (Å²) in [6, 6.07) is 0.672. The molecule has 3 N–H and O–H groups in total. The smallest absolute Gasteiger partial charge is 0.147 e. The summed E-state index contributed by atoms with van der Waals surface area (Å²) in [5, 5.41) is 5.66. The first kappa shape index (κ1) is 11.9. The Morgan fingerprint density at radius 1 is 1.44 bits per heavy atom. The van der Waals surface area contributed by atoms with Gasteiger partial charge >= 0.3 is 0 Å². The van der Waals surface area contributed by atoms with Crippen molar-refractivity contribution in [3.63, 3.8) is 0 Å². The second-order valence-corrected chi connectivity index (χ2v) is 6.56. The summed E-state index contributed by atoms with van der Waals surface area (Å²) >= 11 is 1.70. The Bertz CT molecular complexity index is 590. The van der Waals surface area contributed by atoms with Crippen LogP contribution in [0.25, 0.3) is 10.2 Å². The molecule has 0 amide bonds. The third kappa shape index (κ3) is 1.61. The molecule has 0 saturated heterocycles. The van der Waals surface area contributed by atoms with Crippen LogP contribution in [0.15, 0.2) is 11.7 Å². The van der Waals surface area contributed by atoms with Gasteiger partial charge in [0.1, 0.15) is 12.1 Å². The first-order valence-corrected chi connectivity index (χ1v) is 7.09. The van der Waals surface area contributed by atoms with Gasteiger partial charge in [0.05, 0.1) is 10.2 Å². The topological polar surface area (TPSA) is 63.8 Å². The van der Waals surface area contributed by atoms with Crippen molar-refractivity contribution in [1.82, 2.24) is 9.97 Å². The molecule has 0 bridgehead atoms. The quantitative estimate of drug-likeness (QED) is 0.873. The van der Waals surface area contributed by atoms with Crippen molar-refractivity contribution in [2.45, 2.75) is 39.3 Å². The van der Waals surface area contributed by atoms with Crippen molar-refractivity contribution in [2.75, 3.05) is 5.32 Å². The summed E-state index contributed by atoms with van der Waals surface area (Å²) in [4.78, 5) is 8.72. The molecule has 2 atom stereocenters. The predicted octanol–water partition coefficient (Wildman–Crippen LogP) is 2.54. The first-order valence-electron chi connectivity index (χ1n) is 6.21. The molecule has 2 unspecified atom stereocenters. The summed E-state index contributed by atoms with van der Waals surface area (Å²) in [6.07, 6.45) is 2.64. The highest BCUT2D eigenvalue weighted by atomic mass is 32.1. The summed E-state index contributed by atoms with van der Waals surface area (Å²) in [5.74, 6) is 0.947. The zero-order valence-electron chi connectivity index (χ0n) is 10.9. The van der Waals surface area contributed by atoms with Crippen molar-refractivity contribution in [3.8, 4) is 0 Å². The lowest BCUT2D eigenvalue weighted by molar-refractivity contribution is 0.117. The van der Waals surface area contributed by atoms with Gasteiger partial charge in [-0.1, -0.05) is 13.8 Å². The summed E-state index contributed by atoms with van der Waals surface area (Å²) < 4.78 is 1.14. The molecule has 1 aliphatic carbocycles. The van der Waals surface area contributed by atoms with E-state index in [4.69, 9.17) is 5.73 Å². The van der Waals surface area contributed by atoms with Gasteiger partial charge < -0.3 is 11.1 Å². The Morgan fingerprint density at radius 2 is 2.22 bits per heavy atom. The van der Waals surface area contributed by atoms with Crippen LogP contribution >= 0.6 is 11.3 Å². The van der Waals surface area contributed by atoms with Crippen LogP contribution in [0.4, 0.5) is 5.82 Å². The van der Waals surface area contributed by atoms with Gasteiger partial charge in [0.2, 0.25) is 0 Å². The van der Waals surface area contributed by atoms with E-state index in [1.165, 1.54) is 5.56 Å². The molecule has 0 radical (unpaired) electrons. The maximum atomic E-state index is 6.05. The molecule has 1 aliphatic rings. The molecule has 0 aromatic carbocycles. The molecule has 1 fully saturated rings. The van der Waals surface area contributed by atoms with Crippen molar-refractivity contribution < 1.29 is 0 Å². The monoisotopic (exact) mass is 262 g/mol. The van der Waals surface area contributed by atoms with Gasteiger partial charge in [-0.05, 0) is 24.3 Å². The van der Waals surface area contributed by atoms with E-state index in [9.17, 15) is 0 Å². The van der Waals surface area contributed by atoms with Gasteiger partial charge in [-0.2, -0.15) is 0 Å². The van der Waals surface area contributed by atoms with Gasteiger partial charge in [-0.25, -0.2) is 9.97 Å². The van der Waals surface area contributed by atoms with Gasteiger partial charge in [0.15, 0.2) is 0 Å². The molecular weight excluding hydrogens is 244 g/mol. The van der Waals surface area contributed by atoms with Crippen molar-refractivity contribution in [2.24, 2.45) is 11.1 Å². The van der Waals surface area contributed by atoms with Crippen LogP contribution in [-0.4, -0.2) is 22.1 Å². The number of thiophene rings is 1. The van der Waals surface area contributed by atoms with Crippen LogP contribution < -0.4 is 11.1 Å². The lowest BCUT2D eigenvalue weighted by Crippen LogP contribution is -2.61. The summed E-state index contributed by atoms with van der Waals surface area (Å²) in [5.41, 5.74) is 8.44. The molecule has 3 rings (SSSR count). The second kappa shape index (κ2) is 3.90. The van der Waals surface area contributed by atoms with E-state index in [0.717, 1.165) is 22.5 Å². The Balaban J connectivity index is 1.92. The molecule has 18 heavy (non-hydrogen) atoms. The van der Waals surface area contributed by atoms with Crippen LogP contribution in [-0.2, 0) is 0 Å². The molecule has 0 spiro atoms. The van der Waals surface area contributed by atoms with Crippen LogP contribution in [0.2, 0.25) is 0 Å². The number of hydrogen-bond donors (Lipinski definition) is 2. The molecule has 2 aromatic heterocycles. The van der Waals surface area contributed by atoms with Crippen LogP contribution in [0.1, 0.15) is 25.8 Å². The summed E-state index contributed by atoms with van der Waals surface area (Å²) in [6.45, 7) is 6.49. The van der Waals surface area contributed by atoms with Crippen molar-refractivity contribution in [3.05, 3.63) is 17.3 Å². The van der Waals surface area contributed by atoms with Crippen molar-refractivity contribution >= 4 is 27.4 Å². The molecule has 4 nitrogen and oxygen atoms in total. The van der Waals surface area contributed by atoms with E-state index in [0.29, 0.717) is 6.04 Å². The number of hydrogen-bond acceptors (Lipinski definition) is 5. The average Bonchev–Trinajstić information content (AvgIpc) is 2.72. The molecule has 96 valence electrons. The number of fused-ring (bicyclic) bond motifs is 1. The highest BCUT2D eigenvalue weighted by Crippen LogP contribution is 2.41. The fourth-order valence-corrected chi connectivity index (χ4v) is 3.40. The van der Waals surface area contributed by atoms with Crippen LogP contribution in [0, 0.1) is 12.3 Å². The molecule has 2 aromatic rings. The SMILES string of the molecule is Cc1csc2c(NC3CC(N)C3(C)C)ncnc12. The van der Waals surface area contributed by atoms with Gasteiger partial charge in [0.25, 0.3) is 0 Å². The maximum Gasteiger partial charge on any atom is 0.147 e. The minimum absolute atomic E-state index is 0.129. The van der Waals surface area contributed by atoms with E-state index >= 15 is 0 Å². The maximum absolute atomic E-state index is 6.05. The Kier molecular flexibility index (Phi) is 2.57. The normalized spacial score (nSPS) is 26.0. The minimum atomic E-state index is 0.129. The number of nitrogens with two attached hydrogens (primary N) is 1. The third-order valence-electron chi connectivity index (χ3n) is 4.19. The highest BCUT2D eigenvalue weighted by Gasteiger charge is 2.46. The predicted molar refractivity (Wildman–Crippen MR) is 75.9 cm³/mol. The average molecular weight is 262 g/mol. The molecule has 0 aliphatic heterocycles. The molecule has 1 saturated carbocycles. The van der Waals surface area contributed by atoms with Gasteiger partial charge in [-0.15, -0.1) is 11.3 Å².